The molecule has 1 fully saturated rings. The summed E-state index contributed by atoms with van der Waals surface area (Å²) < 4.78 is 0.800. The van der Waals surface area contributed by atoms with Crippen LogP contribution in [0.4, 0.5) is 0 Å². The third-order valence-corrected chi connectivity index (χ3v) is 4.69. The largest absolute Gasteiger partial charge is 0.347 e. The van der Waals surface area contributed by atoms with E-state index in [0.717, 1.165) is 28.2 Å². The SMILES string of the molecule is CC1(C)CCC1NC(=O)c1ccc2cncc(Br)c2n1. The number of pyridine rings is 2. The fraction of sp³-hybridized carbons (Fsp3) is 0.400. The van der Waals surface area contributed by atoms with Crippen LogP contribution in [0.3, 0.4) is 0 Å². The number of hydrogen-bond donors (Lipinski definition) is 1. The minimum atomic E-state index is -0.103. The van der Waals surface area contributed by atoms with Gasteiger partial charge in [-0.1, -0.05) is 13.8 Å². The van der Waals surface area contributed by atoms with E-state index in [9.17, 15) is 4.79 Å². The molecule has 1 N–H and O–H groups in total. The normalized spacial score (nSPS) is 20.4. The summed E-state index contributed by atoms with van der Waals surface area (Å²) in [6, 6.07) is 3.87. The summed E-state index contributed by atoms with van der Waals surface area (Å²) in [6.07, 6.45) is 5.62. The van der Waals surface area contributed by atoms with E-state index in [-0.39, 0.29) is 17.4 Å². The molecule has 2 aromatic rings. The molecule has 2 aromatic heterocycles. The molecule has 1 amide bonds. The van der Waals surface area contributed by atoms with Crippen molar-refractivity contribution in [1.82, 2.24) is 15.3 Å². The summed E-state index contributed by atoms with van der Waals surface area (Å²) in [5.41, 5.74) is 1.41. The number of hydrogen-bond acceptors (Lipinski definition) is 3. The van der Waals surface area contributed by atoms with Crippen LogP contribution in [0.5, 0.6) is 0 Å². The summed E-state index contributed by atoms with van der Waals surface area (Å²) in [5.74, 6) is -0.103. The molecule has 4 nitrogen and oxygen atoms in total. The molecule has 0 radical (unpaired) electrons. The van der Waals surface area contributed by atoms with Gasteiger partial charge in [0.25, 0.3) is 5.91 Å². The summed E-state index contributed by atoms with van der Waals surface area (Å²) in [5, 5.41) is 3.99. The molecule has 1 aliphatic carbocycles. The Morgan fingerprint density at radius 1 is 1.40 bits per heavy atom. The van der Waals surface area contributed by atoms with Crippen LogP contribution in [-0.2, 0) is 0 Å². The van der Waals surface area contributed by atoms with Crippen molar-refractivity contribution in [2.24, 2.45) is 5.41 Å². The van der Waals surface area contributed by atoms with Gasteiger partial charge in [0.15, 0.2) is 0 Å². The molecule has 0 saturated heterocycles. The van der Waals surface area contributed by atoms with Crippen LogP contribution < -0.4 is 5.32 Å². The van der Waals surface area contributed by atoms with Crippen LogP contribution in [0.25, 0.3) is 10.9 Å². The zero-order valence-corrected chi connectivity index (χ0v) is 13.1. The Morgan fingerprint density at radius 2 is 2.20 bits per heavy atom. The van der Waals surface area contributed by atoms with Gasteiger partial charge in [-0.25, -0.2) is 4.98 Å². The summed E-state index contributed by atoms with van der Waals surface area (Å²) in [4.78, 5) is 20.8. The third-order valence-electron chi connectivity index (χ3n) is 4.11. The first-order chi connectivity index (χ1) is 9.47. The lowest BCUT2D eigenvalue weighted by atomic mass is 9.67. The average molecular weight is 334 g/mol. The fourth-order valence-corrected chi connectivity index (χ4v) is 2.94. The van der Waals surface area contributed by atoms with Crippen molar-refractivity contribution >= 4 is 32.7 Å². The standard InChI is InChI=1S/C15H16BrN3O/c1-15(2)6-5-12(15)19-14(20)11-4-3-9-7-17-8-10(16)13(9)18-11/h3-4,7-8,12H,5-6H2,1-2H3,(H,19,20). The number of carbonyl (C=O) groups is 1. The van der Waals surface area contributed by atoms with Gasteiger partial charge < -0.3 is 5.32 Å². The molecular weight excluding hydrogens is 318 g/mol. The maximum absolute atomic E-state index is 12.3. The van der Waals surface area contributed by atoms with Gasteiger partial charge in [-0.3, -0.25) is 9.78 Å². The second-order valence-corrected chi connectivity index (χ2v) is 6.80. The van der Waals surface area contributed by atoms with Crippen molar-refractivity contribution < 1.29 is 4.79 Å². The second-order valence-electron chi connectivity index (χ2n) is 5.94. The average Bonchev–Trinajstić information content (AvgIpc) is 2.43. The lowest BCUT2D eigenvalue weighted by Crippen LogP contribution is -2.52. The molecule has 0 aliphatic heterocycles. The maximum Gasteiger partial charge on any atom is 0.270 e. The predicted molar refractivity (Wildman–Crippen MR) is 81.5 cm³/mol. The van der Waals surface area contributed by atoms with E-state index in [1.807, 2.05) is 6.07 Å². The highest BCUT2D eigenvalue weighted by Gasteiger charge is 2.39. The first-order valence-electron chi connectivity index (χ1n) is 6.68. The van der Waals surface area contributed by atoms with Gasteiger partial charge in [0, 0.05) is 23.8 Å². The number of halogens is 1. The molecule has 1 atom stereocenters. The molecule has 1 unspecified atom stereocenters. The van der Waals surface area contributed by atoms with E-state index in [4.69, 9.17) is 0 Å². The molecule has 0 bridgehead atoms. The van der Waals surface area contributed by atoms with Gasteiger partial charge in [0.2, 0.25) is 0 Å². The highest BCUT2D eigenvalue weighted by Crippen LogP contribution is 2.40. The van der Waals surface area contributed by atoms with Crippen molar-refractivity contribution in [3.8, 4) is 0 Å². The van der Waals surface area contributed by atoms with Crippen LogP contribution >= 0.6 is 15.9 Å². The van der Waals surface area contributed by atoms with E-state index >= 15 is 0 Å². The lowest BCUT2D eigenvalue weighted by molar-refractivity contribution is 0.0728. The summed E-state index contributed by atoms with van der Waals surface area (Å²) in [6.45, 7) is 4.36. The zero-order chi connectivity index (χ0) is 14.3. The first-order valence-corrected chi connectivity index (χ1v) is 7.48. The highest BCUT2D eigenvalue weighted by atomic mass is 79.9. The van der Waals surface area contributed by atoms with Crippen molar-refractivity contribution in [3.63, 3.8) is 0 Å². The Kier molecular flexibility index (Phi) is 3.24. The van der Waals surface area contributed by atoms with E-state index in [2.05, 4.69) is 45.1 Å². The molecular formula is C15H16BrN3O. The summed E-state index contributed by atoms with van der Waals surface area (Å²) >= 11 is 3.42. The molecule has 20 heavy (non-hydrogen) atoms. The van der Waals surface area contributed by atoms with Gasteiger partial charge in [-0.2, -0.15) is 0 Å². The Hall–Kier alpha value is -1.49. The van der Waals surface area contributed by atoms with Gasteiger partial charge in [0.05, 0.1) is 9.99 Å². The monoisotopic (exact) mass is 333 g/mol. The van der Waals surface area contributed by atoms with Crippen molar-refractivity contribution in [2.75, 3.05) is 0 Å². The first kappa shape index (κ1) is 13.5. The van der Waals surface area contributed by atoms with Crippen LogP contribution in [0, 0.1) is 5.41 Å². The van der Waals surface area contributed by atoms with Gasteiger partial charge in [-0.05, 0) is 46.3 Å². The van der Waals surface area contributed by atoms with E-state index in [0.29, 0.717) is 5.69 Å². The number of nitrogens with one attached hydrogen (secondary N) is 1. The number of aromatic nitrogens is 2. The van der Waals surface area contributed by atoms with Gasteiger partial charge >= 0.3 is 0 Å². The minimum absolute atomic E-state index is 0.103. The molecule has 3 rings (SSSR count). The molecule has 5 heteroatoms. The number of amides is 1. The summed E-state index contributed by atoms with van der Waals surface area (Å²) in [7, 11) is 0. The van der Waals surface area contributed by atoms with E-state index in [1.165, 1.54) is 0 Å². The molecule has 104 valence electrons. The van der Waals surface area contributed by atoms with Crippen LogP contribution in [0.1, 0.15) is 37.2 Å². The quantitative estimate of drug-likeness (QED) is 0.917. The van der Waals surface area contributed by atoms with E-state index in [1.54, 1.807) is 18.5 Å². The highest BCUT2D eigenvalue weighted by molar-refractivity contribution is 9.10. The van der Waals surface area contributed by atoms with Crippen LogP contribution in [0.2, 0.25) is 0 Å². The zero-order valence-electron chi connectivity index (χ0n) is 11.5. The Balaban J connectivity index is 1.87. The topological polar surface area (TPSA) is 54.9 Å². The number of carbonyl (C=O) groups excluding carboxylic acids is 1. The predicted octanol–water partition coefficient (Wildman–Crippen LogP) is 3.31. The van der Waals surface area contributed by atoms with Gasteiger partial charge in [-0.15, -0.1) is 0 Å². The molecule has 0 spiro atoms. The molecule has 2 heterocycles. The Labute approximate surface area is 126 Å². The van der Waals surface area contributed by atoms with Crippen LogP contribution in [0.15, 0.2) is 29.0 Å². The molecule has 1 aliphatic rings. The number of nitrogens with zero attached hydrogens (tertiary/aromatic N) is 2. The second kappa shape index (κ2) is 4.81. The number of fused-ring (bicyclic) bond motifs is 1. The van der Waals surface area contributed by atoms with Crippen molar-refractivity contribution in [3.05, 3.63) is 34.7 Å². The molecule has 1 saturated carbocycles. The fourth-order valence-electron chi connectivity index (χ4n) is 2.50. The van der Waals surface area contributed by atoms with Gasteiger partial charge in [0.1, 0.15) is 5.69 Å². The van der Waals surface area contributed by atoms with Crippen molar-refractivity contribution in [1.29, 1.82) is 0 Å². The minimum Gasteiger partial charge on any atom is -0.347 e. The third kappa shape index (κ3) is 2.30. The molecule has 0 aromatic carbocycles. The smallest absolute Gasteiger partial charge is 0.270 e. The van der Waals surface area contributed by atoms with Crippen LogP contribution in [-0.4, -0.2) is 21.9 Å². The maximum atomic E-state index is 12.3. The number of rotatable bonds is 2. The lowest BCUT2D eigenvalue weighted by Gasteiger charge is -2.44. The van der Waals surface area contributed by atoms with Crippen molar-refractivity contribution in [2.45, 2.75) is 32.7 Å². The Morgan fingerprint density at radius 3 is 2.85 bits per heavy atom. The van der Waals surface area contributed by atoms with E-state index < -0.39 is 0 Å². The Bertz CT molecular complexity index is 684.